The molecule has 0 radical (unpaired) electrons. The molecule has 1 atom stereocenters. The molecule has 1 N–H and O–H groups in total. The van der Waals surface area contributed by atoms with Crippen LogP contribution in [0.5, 0.6) is 0 Å². The zero-order valence-electron chi connectivity index (χ0n) is 15.7. The number of hydrogen-bond acceptors (Lipinski definition) is 3. The van der Waals surface area contributed by atoms with Gasteiger partial charge in [-0.15, -0.1) is 0 Å². The quantitative estimate of drug-likeness (QED) is 0.497. The lowest BCUT2D eigenvalue weighted by Crippen LogP contribution is -2.28. The van der Waals surface area contributed by atoms with Crippen LogP contribution in [0.1, 0.15) is 39.0 Å². The molecule has 0 aliphatic carbocycles. The lowest BCUT2D eigenvalue weighted by atomic mass is 9.96. The minimum absolute atomic E-state index is 0.0952. The Morgan fingerprint density at radius 3 is 2.55 bits per heavy atom. The Morgan fingerprint density at radius 1 is 1.10 bits per heavy atom. The number of aromatic nitrogens is 2. The second-order valence-corrected chi connectivity index (χ2v) is 7.63. The Balaban J connectivity index is 1.65. The molecule has 0 saturated heterocycles. The molecular formula is C23H18ClN3O2. The molecule has 29 heavy (non-hydrogen) atoms. The van der Waals surface area contributed by atoms with E-state index < -0.39 is 0 Å². The van der Waals surface area contributed by atoms with Gasteiger partial charge in [0.05, 0.1) is 24.5 Å². The van der Waals surface area contributed by atoms with Crippen molar-refractivity contribution in [3.05, 3.63) is 100 Å². The van der Waals surface area contributed by atoms with Crippen molar-refractivity contribution in [2.75, 3.05) is 0 Å². The number of carbonyl (C=O) groups is 1. The van der Waals surface area contributed by atoms with E-state index in [2.05, 4.69) is 10.2 Å². The molecule has 1 unspecified atom stereocenters. The van der Waals surface area contributed by atoms with Crippen molar-refractivity contribution in [3.63, 3.8) is 0 Å². The smallest absolute Gasteiger partial charge is 0.273 e. The Kier molecular flexibility index (Phi) is 4.25. The topological polar surface area (TPSA) is 62.1 Å². The first-order valence-electron chi connectivity index (χ1n) is 9.36. The van der Waals surface area contributed by atoms with Crippen LogP contribution in [0.25, 0.3) is 11.3 Å². The fraction of sp³-hybridized carbons (Fsp3) is 0.130. The standard InChI is InChI=1S/C23H18ClN3O2/c1-14-4-6-15(7-5-14)20-19-21(26-25-20)23(28)27(13-18-3-2-12-29-18)22(19)16-8-10-17(24)11-9-16/h2-12,22H,13H2,1H3,(H,25,26). The number of amides is 1. The van der Waals surface area contributed by atoms with Crippen molar-refractivity contribution in [2.45, 2.75) is 19.5 Å². The van der Waals surface area contributed by atoms with E-state index in [4.69, 9.17) is 16.0 Å². The molecule has 5 rings (SSSR count). The molecule has 1 amide bonds. The first-order chi connectivity index (χ1) is 14.1. The third-order valence-corrected chi connectivity index (χ3v) is 5.53. The Bertz CT molecular complexity index is 1160. The second kappa shape index (κ2) is 6.94. The van der Waals surface area contributed by atoms with Gasteiger partial charge in [0, 0.05) is 16.1 Å². The Labute approximate surface area is 172 Å². The highest BCUT2D eigenvalue weighted by molar-refractivity contribution is 6.30. The highest BCUT2D eigenvalue weighted by Crippen LogP contribution is 2.43. The van der Waals surface area contributed by atoms with Crippen LogP contribution in [-0.2, 0) is 6.54 Å². The van der Waals surface area contributed by atoms with Crippen LogP contribution in [0, 0.1) is 6.92 Å². The second-order valence-electron chi connectivity index (χ2n) is 7.19. The van der Waals surface area contributed by atoms with Gasteiger partial charge in [-0.3, -0.25) is 9.89 Å². The summed E-state index contributed by atoms with van der Waals surface area (Å²) in [6.45, 7) is 2.42. The van der Waals surface area contributed by atoms with E-state index in [1.165, 1.54) is 5.56 Å². The molecular weight excluding hydrogens is 386 g/mol. The van der Waals surface area contributed by atoms with Crippen molar-refractivity contribution in [1.82, 2.24) is 15.1 Å². The number of halogens is 1. The fourth-order valence-electron chi connectivity index (χ4n) is 3.85. The number of aromatic amines is 1. The van der Waals surface area contributed by atoms with Gasteiger partial charge in [0.15, 0.2) is 0 Å². The molecule has 0 saturated carbocycles. The van der Waals surface area contributed by atoms with Gasteiger partial charge < -0.3 is 9.32 Å². The normalized spacial score (nSPS) is 15.7. The largest absolute Gasteiger partial charge is 0.467 e. The van der Waals surface area contributed by atoms with Crippen LogP contribution >= 0.6 is 11.6 Å². The number of nitrogens with zero attached hydrogens (tertiary/aromatic N) is 2. The van der Waals surface area contributed by atoms with E-state index in [1.54, 1.807) is 6.26 Å². The van der Waals surface area contributed by atoms with Crippen LogP contribution in [0.15, 0.2) is 71.3 Å². The molecule has 4 aromatic rings. The predicted octanol–water partition coefficient (Wildman–Crippen LogP) is 5.38. The average molecular weight is 404 g/mol. The third-order valence-electron chi connectivity index (χ3n) is 5.28. The number of nitrogens with one attached hydrogen (secondary N) is 1. The summed E-state index contributed by atoms with van der Waals surface area (Å²) >= 11 is 6.11. The molecule has 3 heterocycles. The number of benzene rings is 2. The summed E-state index contributed by atoms with van der Waals surface area (Å²) in [5, 5.41) is 8.12. The van der Waals surface area contributed by atoms with Crippen LogP contribution in [0.2, 0.25) is 5.02 Å². The van der Waals surface area contributed by atoms with Crippen molar-refractivity contribution < 1.29 is 9.21 Å². The van der Waals surface area contributed by atoms with Gasteiger partial charge >= 0.3 is 0 Å². The molecule has 1 aliphatic heterocycles. The summed E-state index contributed by atoms with van der Waals surface area (Å²) in [5.41, 5.74) is 5.31. The maximum atomic E-state index is 13.3. The average Bonchev–Trinajstić information content (AvgIpc) is 3.44. The van der Waals surface area contributed by atoms with Crippen molar-refractivity contribution in [1.29, 1.82) is 0 Å². The monoisotopic (exact) mass is 403 g/mol. The maximum Gasteiger partial charge on any atom is 0.273 e. The third kappa shape index (κ3) is 3.04. The number of rotatable bonds is 4. The number of aryl methyl sites for hydroxylation is 1. The highest BCUT2D eigenvalue weighted by Gasteiger charge is 2.42. The van der Waals surface area contributed by atoms with Gasteiger partial charge in [0.25, 0.3) is 5.91 Å². The number of furan rings is 1. The fourth-order valence-corrected chi connectivity index (χ4v) is 3.98. The van der Waals surface area contributed by atoms with Crippen molar-refractivity contribution >= 4 is 17.5 Å². The first-order valence-corrected chi connectivity index (χ1v) is 9.74. The van der Waals surface area contributed by atoms with E-state index in [0.717, 1.165) is 28.1 Å². The molecule has 0 fully saturated rings. The van der Waals surface area contributed by atoms with Crippen molar-refractivity contribution in [3.8, 4) is 11.3 Å². The molecule has 2 aromatic heterocycles. The summed E-state index contributed by atoms with van der Waals surface area (Å²) < 4.78 is 5.51. The van der Waals surface area contributed by atoms with Crippen LogP contribution in [0.4, 0.5) is 0 Å². The van der Waals surface area contributed by atoms with Gasteiger partial charge in [-0.2, -0.15) is 5.10 Å². The lowest BCUT2D eigenvalue weighted by molar-refractivity contribution is 0.0717. The summed E-state index contributed by atoms with van der Waals surface area (Å²) in [7, 11) is 0. The van der Waals surface area contributed by atoms with E-state index >= 15 is 0 Å². The minimum Gasteiger partial charge on any atom is -0.467 e. The van der Waals surface area contributed by atoms with Crippen LogP contribution in [0.3, 0.4) is 0 Å². The Hall–Kier alpha value is -3.31. The zero-order valence-corrected chi connectivity index (χ0v) is 16.5. The van der Waals surface area contributed by atoms with E-state index in [-0.39, 0.29) is 11.9 Å². The summed E-state index contributed by atoms with van der Waals surface area (Å²) in [6.07, 6.45) is 1.62. The highest BCUT2D eigenvalue weighted by atomic mass is 35.5. The first kappa shape index (κ1) is 17.8. The van der Waals surface area contributed by atoms with Crippen molar-refractivity contribution in [2.24, 2.45) is 0 Å². The van der Waals surface area contributed by atoms with Gasteiger partial charge in [-0.1, -0.05) is 53.6 Å². The van der Waals surface area contributed by atoms with E-state index in [9.17, 15) is 4.79 Å². The number of fused-ring (bicyclic) bond motifs is 1. The van der Waals surface area contributed by atoms with Gasteiger partial charge in [-0.05, 0) is 36.8 Å². The molecule has 2 aromatic carbocycles. The molecule has 6 heteroatoms. The molecule has 5 nitrogen and oxygen atoms in total. The van der Waals surface area contributed by atoms with E-state index in [1.807, 2.05) is 72.5 Å². The molecule has 0 bridgehead atoms. The van der Waals surface area contributed by atoms with Crippen LogP contribution < -0.4 is 0 Å². The number of hydrogen-bond donors (Lipinski definition) is 1. The lowest BCUT2D eigenvalue weighted by Gasteiger charge is -2.25. The van der Waals surface area contributed by atoms with Gasteiger partial charge in [-0.25, -0.2) is 0 Å². The molecule has 0 spiro atoms. The van der Waals surface area contributed by atoms with Gasteiger partial charge in [0.2, 0.25) is 0 Å². The van der Waals surface area contributed by atoms with Gasteiger partial charge in [0.1, 0.15) is 11.5 Å². The summed E-state index contributed by atoms with van der Waals surface area (Å²) in [5.74, 6) is 0.634. The van der Waals surface area contributed by atoms with Crippen LogP contribution in [-0.4, -0.2) is 21.0 Å². The zero-order chi connectivity index (χ0) is 20.0. The summed E-state index contributed by atoms with van der Waals surface area (Å²) in [4.78, 5) is 15.1. The predicted molar refractivity (Wildman–Crippen MR) is 111 cm³/mol. The Morgan fingerprint density at radius 2 is 1.86 bits per heavy atom. The number of H-pyrrole nitrogens is 1. The SMILES string of the molecule is Cc1ccc(-c2n[nH]c3c2C(c2ccc(Cl)cc2)N(Cc2ccco2)C3=O)cc1. The minimum atomic E-state index is -0.282. The maximum absolute atomic E-state index is 13.3. The number of carbonyl (C=O) groups excluding carboxylic acids is 1. The molecule has 1 aliphatic rings. The van der Waals surface area contributed by atoms with E-state index in [0.29, 0.717) is 17.3 Å². The summed E-state index contributed by atoms with van der Waals surface area (Å²) in [6, 6.07) is 19.2. The molecule has 144 valence electrons.